The van der Waals surface area contributed by atoms with E-state index in [4.69, 9.17) is 9.47 Å². The van der Waals surface area contributed by atoms with Gasteiger partial charge in [-0.1, -0.05) is 6.07 Å². The summed E-state index contributed by atoms with van der Waals surface area (Å²) in [6.07, 6.45) is -2.74. The number of carbonyl (C=O) groups is 6. The third kappa shape index (κ3) is 10.5. The zero-order valence-corrected chi connectivity index (χ0v) is 34.6. The first-order valence-corrected chi connectivity index (χ1v) is 19.2. The Balaban J connectivity index is 1.03. The molecule has 0 fully saturated rings. The number of rotatable bonds is 15. The number of aromatic hydroxyl groups is 2. The lowest BCUT2D eigenvalue weighted by Crippen LogP contribution is -2.43. The average molecular weight is 907 g/mol. The summed E-state index contributed by atoms with van der Waals surface area (Å²) in [5.41, 5.74) is 0.373. The lowest BCUT2D eigenvalue weighted by atomic mass is 10.1. The Morgan fingerprint density at radius 1 is 0.712 bits per heavy atom. The Hall–Kier alpha value is -9.19. The first-order chi connectivity index (χ1) is 31.4. The molecule has 19 nitrogen and oxygen atoms in total. The molecule has 0 spiro atoms. The molecule has 0 saturated heterocycles. The van der Waals surface area contributed by atoms with Crippen LogP contribution in [-0.4, -0.2) is 77.4 Å². The standard InChI is InChI=1S/C45H36F2N6O13/c1-22(20-23-4-17-33-34(21-23)66-45(46,47)65-33)39(56)49-26-9-5-25(6-10-26)41(58)53-32(18-19-48)43(60)50-27-11-7-24(8-12-27)40(57)51-30-15-13-28(35(54)37(30)63-2)42(59)52-31-16-14-29(44(61)62)36(55)38(31)64-3/h4-17,20-21,32,54-55H,18H2,1-3H3,(H,49,56)(H,50,60)(H,51,57)(H,52,59)(H,53,58)(H,61,62)/b22-20+/t32-/m0/s1. The number of methoxy groups -OCH3 is 2. The number of nitrogens with zero attached hydrogens (tertiary/aromatic N) is 1. The first-order valence-electron chi connectivity index (χ1n) is 19.2. The van der Waals surface area contributed by atoms with Crippen molar-refractivity contribution >= 4 is 64.3 Å². The molecule has 1 aliphatic heterocycles. The van der Waals surface area contributed by atoms with Crippen molar-refractivity contribution in [2.75, 3.05) is 35.5 Å². The van der Waals surface area contributed by atoms with Crippen LogP contribution in [0.3, 0.4) is 0 Å². The molecule has 5 aromatic rings. The van der Waals surface area contributed by atoms with Gasteiger partial charge in [0.05, 0.1) is 43.6 Å². The van der Waals surface area contributed by atoms with Gasteiger partial charge in [0.2, 0.25) is 5.91 Å². The number of carbonyl (C=O) groups excluding carboxylic acids is 5. The maximum Gasteiger partial charge on any atom is 0.586 e. The van der Waals surface area contributed by atoms with Crippen LogP contribution in [0.1, 0.15) is 60.3 Å². The highest BCUT2D eigenvalue weighted by molar-refractivity contribution is 6.11. The van der Waals surface area contributed by atoms with Gasteiger partial charge in [-0.2, -0.15) is 5.26 Å². The summed E-state index contributed by atoms with van der Waals surface area (Å²) in [4.78, 5) is 76.8. The van der Waals surface area contributed by atoms with Gasteiger partial charge in [-0.15, -0.1) is 8.78 Å². The number of benzene rings is 5. The van der Waals surface area contributed by atoms with Crippen LogP contribution in [0.2, 0.25) is 0 Å². The summed E-state index contributed by atoms with van der Waals surface area (Å²) < 4.78 is 45.9. The highest BCUT2D eigenvalue weighted by Crippen LogP contribution is 2.42. The van der Waals surface area contributed by atoms with Crippen molar-refractivity contribution in [1.29, 1.82) is 5.26 Å². The number of aromatic carboxylic acids is 1. The van der Waals surface area contributed by atoms with Gasteiger partial charge in [-0.25, -0.2) is 4.79 Å². The topological polar surface area (TPSA) is 284 Å². The van der Waals surface area contributed by atoms with E-state index in [1.807, 2.05) is 6.07 Å². The van der Waals surface area contributed by atoms with Crippen molar-refractivity contribution < 1.29 is 71.8 Å². The van der Waals surface area contributed by atoms with E-state index in [-0.39, 0.29) is 62.3 Å². The van der Waals surface area contributed by atoms with Gasteiger partial charge in [0.25, 0.3) is 23.6 Å². The summed E-state index contributed by atoms with van der Waals surface area (Å²) in [7, 11) is 2.33. The molecule has 0 bridgehead atoms. The van der Waals surface area contributed by atoms with E-state index in [0.29, 0.717) is 11.3 Å². The van der Waals surface area contributed by atoms with Gasteiger partial charge >= 0.3 is 12.3 Å². The van der Waals surface area contributed by atoms with Crippen LogP contribution in [0.4, 0.5) is 31.5 Å². The smallest absolute Gasteiger partial charge is 0.504 e. The Labute approximate surface area is 372 Å². The van der Waals surface area contributed by atoms with Crippen molar-refractivity contribution in [2.24, 2.45) is 0 Å². The largest absolute Gasteiger partial charge is 0.586 e. The number of ether oxygens (including phenoxy) is 4. The number of halogens is 2. The van der Waals surface area contributed by atoms with Crippen LogP contribution >= 0.6 is 0 Å². The molecule has 8 N–H and O–H groups in total. The van der Waals surface area contributed by atoms with Gasteiger partial charge in [0, 0.05) is 28.1 Å². The number of anilines is 4. The fourth-order valence-corrected chi connectivity index (χ4v) is 6.27. The lowest BCUT2D eigenvalue weighted by Gasteiger charge is -2.17. The fraction of sp³-hybridized carbons (Fsp3) is 0.133. The van der Waals surface area contributed by atoms with E-state index in [0.717, 1.165) is 13.2 Å². The molecule has 0 aliphatic carbocycles. The van der Waals surface area contributed by atoms with Crippen LogP contribution in [0.15, 0.2) is 96.6 Å². The summed E-state index contributed by atoms with van der Waals surface area (Å²) in [5.74, 6) is -7.36. The second kappa shape index (κ2) is 19.5. The number of alkyl halides is 2. The first kappa shape index (κ1) is 46.3. The Bertz CT molecular complexity index is 2840. The van der Waals surface area contributed by atoms with Crippen molar-refractivity contribution in [2.45, 2.75) is 25.7 Å². The fourth-order valence-electron chi connectivity index (χ4n) is 6.27. The quantitative estimate of drug-likeness (QED) is 0.0533. The van der Waals surface area contributed by atoms with Gasteiger partial charge in [-0.3, -0.25) is 24.0 Å². The van der Waals surface area contributed by atoms with Crippen LogP contribution in [0, 0.1) is 11.3 Å². The molecule has 0 unspecified atom stereocenters. The lowest BCUT2D eigenvalue weighted by molar-refractivity contribution is -0.286. The number of amides is 5. The molecule has 5 aromatic carbocycles. The molecule has 5 amide bonds. The predicted molar refractivity (Wildman–Crippen MR) is 230 cm³/mol. The third-order valence-electron chi connectivity index (χ3n) is 9.55. The van der Waals surface area contributed by atoms with Crippen LogP contribution in [0.5, 0.6) is 34.5 Å². The molecule has 21 heteroatoms. The molecule has 1 heterocycles. The van der Waals surface area contributed by atoms with Crippen LogP contribution in [-0.2, 0) is 9.59 Å². The Morgan fingerprint density at radius 2 is 1.24 bits per heavy atom. The molecule has 338 valence electrons. The van der Waals surface area contributed by atoms with Gasteiger partial charge in [-0.05, 0) is 103 Å². The maximum absolute atomic E-state index is 13.4. The number of hydrogen-bond acceptors (Lipinski definition) is 13. The van der Waals surface area contributed by atoms with E-state index in [1.54, 1.807) is 0 Å². The van der Waals surface area contributed by atoms with Gasteiger partial charge < -0.3 is 60.9 Å². The molecule has 0 saturated carbocycles. The summed E-state index contributed by atoms with van der Waals surface area (Å²) in [6.45, 7) is 1.50. The minimum atomic E-state index is -3.78. The van der Waals surface area contributed by atoms with Crippen molar-refractivity contribution in [1.82, 2.24) is 5.32 Å². The molecule has 6 rings (SSSR count). The van der Waals surface area contributed by atoms with E-state index in [2.05, 4.69) is 36.1 Å². The number of phenols is 2. The van der Waals surface area contributed by atoms with Crippen LogP contribution in [0.25, 0.3) is 6.08 Å². The van der Waals surface area contributed by atoms with E-state index >= 15 is 0 Å². The van der Waals surface area contributed by atoms with E-state index in [9.17, 15) is 58.1 Å². The number of carboxylic acids is 1. The Morgan fingerprint density at radius 3 is 1.82 bits per heavy atom. The molecular weight excluding hydrogens is 871 g/mol. The highest BCUT2D eigenvalue weighted by Gasteiger charge is 2.43. The number of nitriles is 1. The Kier molecular flexibility index (Phi) is 13.7. The predicted octanol–water partition coefficient (Wildman–Crippen LogP) is 6.33. The molecule has 0 radical (unpaired) electrons. The second-order valence-electron chi connectivity index (χ2n) is 14.0. The number of phenolic OH excluding ortho intramolecular Hbond substituents is 1. The maximum atomic E-state index is 13.4. The normalized spacial score (nSPS) is 12.7. The SMILES string of the molecule is COc1c(NC(=O)c2ccc(NC(=O)c3ccc(NC(=O)[C@H](CC#N)NC(=O)c4ccc(NC(=O)/C(C)=C/c5ccc6c(c5)OC(F)(F)O6)cc4)cc3)c(OC)c2O)ccc(C(=O)O)c1O. The van der Waals surface area contributed by atoms with Crippen molar-refractivity contribution in [3.05, 3.63) is 124 Å². The monoisotopic (exact) mass is 906 g/mol. The van der Waals surface area contributed by atoms with Crippen molar-refractivity contribution in [3.8, 4) is 40.6 Å². The third-order valence-corrected chi connectivity index (χ3v) is 9.55. The minimum absolute atomic E-state index is 0.0364. The summed E-state index contributed by atoms with van der Waals surface area (Å²) in [5, 5.41) is 52.6. The highest BCUT2D eigenvalue weighted by atomic mass is 19.3. The number of fused-ring (bicyclic) bond motifs is 1. The van der Waals surface area contributed by atoms with E-state index < -0.39 is 71.3 Å². The minimum Gasteiger partial charge on any atom is -0.504 e. The molecule has 1 atom stereocenters. The van der Waals surface area contributed by atoms with Crippen LogP contribution < -0.4 is 45.5 Å². The van der Waals surface area contributed by atoms with E-state index in [1.165, 1.54) is 105 Å². The van der Waals surface area contributed by atoms with Gasteiger partial charge in [0.15, 0.2) is 34.5 Å². The van der Waals surface area contributed by atoms with Gasteiger partial charge in [0.1, 0.15) is 11.6 Å². The molecule has 0 aromatic heterocycles. The molecule has 1 aliphatic rings. The molecular formula is C45H36F2N6O13. The number of nitrogens with one attached hydrogen (secondary N) is 5. The zero-order chi connectivity index (χ0) is 47.9. The summed E-state index contributed by atoms with van der Waals surface area (Å²) >= 11 is 0. The zero-order valence-electron chi connectivity index (χ0n) is 34.6. The number of hydrogen-bond donors (Lipinski definition) is 8. The summed E-state index contributed by atoms with van der Waals surface area (Å²) in [6, 6.07) is 20.4. The second-order valence-corrected chi connectivity index (χ2v) is 14.0. The van der Waals surface area contributed by atoms with Crippen molar-refractivity contribution in [3.63, 3.8) is 0 Å². The molecule has 66 heavy (non-hydrogen) atoms. The number of carboxylic acid groups (broad SMARTS) is 1. The average Bonchev–Trinajstić information content (AvgIpc) is 3.59.